The number of hydrogen-bond donors (Lipinski definition) is 2. The van der Waals surface area contributed by atoms with Crippen LogP contribution in [0.3, 0.4) is 0 Å². The molecule has 6 fully saturated rings. The van der Waals surface area contributed by atoms with E-state index in [1.807, 2.05) is 31.6 Å². The molecule has 2 saturated carbocycles. The Morgan fingerprint density at radius 1 is 0.855 bits per heavy atom. The van der Waals surface area contributed by atoms with E-state index in [0.29, 0.717) is 102 Å². The van der Waals surface area contributed by atoms with Crippen LogP contribution < -0.4 is 19.7 Å². The molecule has 6 aliphatic rings. The number of β-amino-alcohol motifs (C(OH)–C–C–N with tert-alkyl or cyclic N) is 1. The number of amides is 2. The fourth-order valence-corrected chi connectivity index (χ4v) is 13.2. The number of likely N-dealkylation sites (tertiary alicyclic amines) is 2. The van der Waals surface area contributed by atoms with Gasteiger partial charge in [0.05, 0.1) is 40.4 Å². The Morgan fingerprint density at radius 3 is 2.37 bits per heavy atom. The molecule has 2 aliphatic carbocycles. The van der Waals surface area contributed by atoms with Gasteiger partial charge in [-0.25, -0.2) is 13.8 Å². The summed E-state index contributed by atoms with van der Waals surface area (Å²) in [6.45, 7) is 11.3. The first-order valence-electron chi connectivity index (χ1n) is 27.9. The smallest absolute Gasteiger partial charge is 0.319 e. The first-order valence-corrected chi connectivity index (χ1v) is 27.9. The second kappa shape index (κ2) is 20.5. The monoisotopic (exact) mass is 1040 g/mol. The average Bonchev–Trinajstić information content (AvgIpc) is 4.45. The summed E-state index contributed by atoms with van der Waals surface area (Å²) in [4.78, 5) is 47.2. The molecular formula is C59H71F2N9O6. The van der Waals surface area contributed by atoms with Crippen LogP contribution in [0.15, 0.2) is 42.5 Å². The van der Waals surface area contributed by atoms with Gasteiger partial charge in [0.2, 0.25) is 11.8 Å². The van der Waals surface area contributed by atoms with Gasteiger partial charge in [-0.05, 0) is 162 Å². The molecule has 7 heterocycles. The summed E-state index contributed by atoms with van der Waals surface area (Å²) in [7, 11) is 3.51. The number of nitrogens with zero attached hydrogens (tertiary/aromatic N) is 8. The number of nitrogens with one attached hydrogen (secondary N) is 1. The maximum atomic E-state index is 17.9. The third-order valence-electron chi connectivity index (χ3n) is 17.6. The highest BCUT2D eigenvalue weighted by Gasteiger charge is 2.46. The van der Waals surface area contributed by atoms with E-state index in [0.717, 1.165) is 114 Å². The van der Waals surface area contributed by atoms with Crippen LogP contribution in [0, 0.1) is 23.0 Å². The van der Waals surface area contributed by atoms with Crippen LogP contribution in [0.2, 0.25) is 0 Å². The molecule has 2 amide bonds. The zero-order valence-electron chi connectivity index (χ0n) is 44.4. The minimum absolute atomic E-state index is 0.0161. The molecule has 0 radical (unpaired) electrons. The van der Waals surface area contributed by atoms with Gasteiger partial charge in [-0.1, -0.05) is 31.2 Å². The van der Waals surface area contributed by atoms with Gasteiger partial charge < -0.3 is 34.0 Å². The van der Waals surface area contributed by atoms with E-state index in [1.165, 1.54) is 18.7 Å². The number of aliphatic hydroxyl groups is 1. The Labute approximate surface area is 442 Å². The summed E-state index contributed by atoms with van der Waals surface area (Å²) in [5.74, 6) is 0.222. The van der Waals surface area contributed by atoms with Crippen LogP contribution in [0.4, 0.5) is 14.6 Å². The van der Waals surface area contributed by atoms with E-state index in [2.05, 4.69) is 38.2 Å². The van der Waals surface area contributed by atoms with Crippen LogP contribution >= 0.6 is 0 Å². The first-order chi connectivity index (χ1) is 36.8. The number of anilines is 1. The van der Waals surface area contributed by atoms with Crippen molar-refractivity contribution in [2.24, 2.45) is 18.4 Å². The van der Waals surface area contributed by atoms with Gasteiger partial charge in [0.1, 0.15) is 28.6 Å². The van der Waals surface area contributed by atoms with Crippen LogP contribution in [-0.2, 0) is 27.8 Å². The SMILES string of the molecule is CCc1c(F)ccc2cc(OCOC)cc(-c3nc(C4CC4)c4c(N5CCC[C@@](C)(O)C5)nc(OCC5(CN6CCC(CN7CCC(c8cccc9c(C%10CCC(=O)NC%10=O)nn(C)c89)CC7)CC6)CC5)nc4c3F)c12. The van der Waals surface area contributed by atoms with Gasteiger partial charge in [0, 0.05) is 69.0 Å². The topological polar surface area (TPSA) is 160 Å². The molecule has 1 unspecified atom stereocenters. The minimum Gasteiger partial charge on any atom is -0.468 e. The molecule has 15 nitrogen and oxygen atoms in total. The highest BCUT2D eigenvalue weighted by molar-refractivity contribution is 6.04. The minimum atomic E-state index is -0.961. The summed E-state index contributed by atoms with van der Waals surface area (Å²) in [6, 6.07) is 13.2. The zero-order valence-corrected chi connectivity index (χ0v) is 44.4. The van der Waals surface area contributed by atoms with Gasteiger partial charge in [0.25, 0.3) is 0 Å². The number of imide groups is 1. The molecule has 402 valence electrons. The summed E-state index contributed by atoms with van der Waals surface area (Å²) in [5, 5.41) is 21.6. The third-order valence-corrected chi connectivity index (χ3v) is 17.6. The predicted octanol–water partition coefficient (Wildman–Crippen LogP) is 9.05. The maximum Gasteiger partial charge on any atom is 0.319 e. The molecule has 17 heteroatoms. The number of aryl methyl sites for hydroxylation is 2. The van der Waals surface area contributed by atoms with Crippen molar-refractivity contribution < 1.29 is 37.7 Å². The van der Waals surface area contributed by atoms with Gasteiger partial charge in [-0.15, -0.1) is 0 Å². The van der Waals surface area contributed by atoms with Gasteiger partial charge in [-0.3, -0.25) is 19.6 Å². The van der Waals surface area contributed by atoms with E-state index >= 15 is 8.78 Å². The Hall–Kier alpha value is -5.88. The quantitative estimate of drug-likeness (QED) is 0.0699. The first kappa shape index (κ1) is 50.9. The molecule has 6 aromatic rings. The largest absolute Gasteiger partial charge is 0.468 e. The summed E-state index contributed by atoms with van der Waals surface area (Å²) in [6.07, 6.45) is 10.9. The lowest BCUT2D eigenvalue weighted by Gasteiger charge is -2.39. The van der Waals surface area contributed by atoms with Crippen LogP contribution in [0.5, 0.6) is 11.8 Å². The van der Waals surface area contributed by atoms with Crippen LogP contribution in [0.25, 0.3) is 43.8 Å². The predicted molar refractivity (Wildman–Crippen MR) is 287 cm³/mol. The number of carbonyl (C=O) groups excluding carboxylic acids is 2. The van der Waals surface area contributed by atoms with Crippen molar-refractivity contribution in [2.45, 2.75) is 121 Å². The summed E-state index contributed by atoms with van der Waals surface area (Å²) < 4.78 is 53.2. The number of ether oxygens (including phenoxy) is 3. The van der Waals surface area contributed by atoms with E-state index in [9.17, 15) is 14.7 Å². The van der Waals surface area contributed by atoms with Crippen molar-refractivity contribution in [1.82, 2.24) is 39.8 Å². The standard InChI is InChI=1S/C59H71F2N9O6/c1-5-40-45(60)14-12-38-28-39(76-34-74-4)29-44(47(38)40)52-49(61)53-48(50(63-52)37-10-11-37)55(70-23-7-20-58(2,73)31-70)65-57(64-53)75-33-59(21-22-59)32-69-24-16-35(17-25-69)30-68-26-18-36(19-27-68)41-8-6-9-42-51(66-67(3)54(41)42)43-13-15-46(71)62-56(43)72/h6,8-9,12,14,28-29,35-37,43,73H,5,7,10-11,13,15-27,30-34H2,1-4H3,(H,62,71,72)/t43?,58-/m1/s1. The van der Waals surface area contributed by atoms with E-state index in [4.69, 9.17) is 34.3 Å². The van der Waals surface area contributed by atoms with Crippen molar-refractivity contribution in [3.05, 3.63) is 76.6 Å². The average molecular weight is 1040 g/mol. The van der Waals surface area contributed by atoms with E-state index in [-0.39, 0.29) is 53.0 Å². The van der Waals surface area contributed by atoms with Crippen molar-refractivity contribution in [2.75, 3.05) is 77.8 Å². The molecule has 76 heavy (non-hydrogen) atoms. The molecule has 2 atom stereocenters. The number of aromatic nitrogens is 5. The number of rotatable bonds is 16. The molecule has 4 saturated heterocycles. The molecule has 3 aromatic heterocycles. The Morgan fingerprint density at radius 2 is 1.64 bits per heavy atom. The number of hydrogen-bond acceptors (Lipinski definition) is 13. The summed E-state index contributed by atoms with van der Waals surface area (Å²) in [5.41, 5.74) is 3.96. The van der Waals surface area contributed by atoms with Crippen molar-refractivity contribution in [3.8, 4) is 23.0 Å². The van der Waals surface area contributed by atoms with Crippen LogP contribution in [0.1, 0.15) is 131 Å². The number of fused-ring (bicyclic) bond motifs is 3. The second-order valence-corrected chi connectivity index (χ2v) is 23.3. The highest BCUT2D eigenvalue weighted by Crippen LogP contribution is 2.50. The van der Waals surface area contributed by atoms with Gasteiger partial charge in [-0.2, -0.15) is 15.1 Å². The van der Waals surface area contributed by atoms with E-state index < -0.39 is 17.3 Å². The van der Waals surface area contributed by atoms with Crippen molar-refractivity contribution >= 4 is 50.2 Å². The fourth-order valence-electron chi connectivity index (χ4n) is 13.2. The lowest BCUT2D eigenvalue weighted by Crippen LogP contribution is -2.46. The maximum absolute atomic E-state index is 17.9. The number of methoxy groups -OCH3 is 1. The number of carbonyl (C=O) groups is 2. The molecular weight excluding hydrogens is 969 g/mol. The normalized spacial score (nSPS) is 23.0. The lowest BCUT2D eigenvalue weighted by atomic mass is 9.86. The molecule has 4 aliphatic heterocycles. The molecule has 3 aromatic carbocycles. The lowest BCUT2D eigenvalue weighted by molar-refractivity contribution is -0.134. The Balaban J connectivity index is 0.740. The van der Waals surface area contributed by atoms with Gasteiger partial charge >= 0.3 is 6.01 Å². The molecule has 12 rings (SSSR count). The third kappa shape index (κ3) is 10.0. The molecule has 2 N–H and O–H groups in total. The zero-order chi connectivity index (χ0) is 52.5. The number of halogens is 2. The molecule has 0 bridgehead atoms. The Bertz CT molecular complexity index is 3210. The highest BCUT2D eigenvalue weighted by atomic mass is 19.1. The number of pyridine rings is 1. The number of benzene rings is 3. The summed E-state index contributed by atoms with van der Waals surface area (Å²) >= 11 is 0. The van der Waals surface area contributed by atoms with Crippen LogP contribution in [-0.4, -0.2) is 130 Å². The van der Waals surface area contributed by atoms with E-state index in [1.54, 1.807) is 12.1 Å². The van der Waals surface area contributed by atoms with Crippen molar-refractivity contribution in [3.63, 3.8) is 0 Å². The number of piperidine rings is 4. The number of para-hydroxylation sites is 1. The Kier molecular flexibility index (Phi) is 13.7. The van der Waals surface area contributed by atoms with Crippen molar-refractivity contribution in [1.29, 1.82) is 0 Å². The second-order valence-electron chi connectivity index (χ2n) is 23.3. The molecule has 0 spiro atoms. The van der Waals surface area contributed by atoms with Gasteiger partial charge in [0.15, 0.2) is 12.6 Å². The fraction of sp³-hybridized carbons (Fsp3) is 0.559.